The minimum Gasteiger partial charge on any atom is -0.481 e. The minimum absolute atomic E-state index is 0.0299. The fourth-order valence-corrected chi connectivity index (χ4v) is 8.83. The Morgan fingerprint density at radius 3 is 2.47 bits per heavy atom. The fraction of sp³-hybridized carbons (Fsp3) is 0.828. The Bertz CT molecular complexity index is 796. The van der Waals surface area contributed by atoms with E-state index < -0.39 is 18.0 Å². The van der Waals surface area contributed by atoms with Crippen LogP contribution in [0.3, 0.4) is 0 Å². The summed E-state index contributed by atoms with van der Waals surface area (Å²) in [6.07, 6.45) is 10.5. The molecule has 0 aromatic heterocycles. The normalized spacial score (nSPS) is 43.1. The van der Waals surface area contributed by atoms with Crippen LogP contribution < -0.4 is 0 Å². The van der Waals surface area contributed by atoms with Crippen molar-refractivity contribution in [2.24, 2.45) is 46.3 Å². The van der Waals surface area contributed by atoms with Crippen LogP contribution in [0.5, 0.6) is 0 Å². The van der Waals surface area contributed by atoms with Crippen LogP contribution in [0.4, 0.5) is 0 Å². The summed E-state index contributed by atoms with van der Waals surface area (Å²) >= 11 is 0. The van der Waals surface area contributed by atoms with Crippen molar-refractivity contribution in [1.29, 1.82) is 0 Å². The lowest BCUT2D eigenvalue weighted by atomic mass is 9.48. The maximum atomic E-state index is 12.0. The second kappa shape index (κ2) is 8.60. The molecule has 3 nitrogen and oxygen atoms in total. The van der Waals surface area contributed by atoms with Crippen molar-refractivity contribution in [3.8, 4) is 0 Å². The van der Waals surface area contributed by atoms with Gasteiger partial charge < -0.3 is 10.2 Å². The van der Waals surface area contributed by atoms with Gasteiger partial charge in [0, 0.05) is 0 Å². The summed E-state index contributed by atoms with van der Waals surface area (Å²) in [4.78, 5) is 12.0. The first-order valence-electron chi connectivity index (χ1n) is 13.3. The zero-order chi connectivity index (χ0) is 23.4. The van der Waals surface area contributed by atoms with Crippen molar-refractivity contribution >= 4 is 5.97 Å². The molecule has 0 unspecified atom stereocenters. The van der Waals surface area contributed by atoms with Gasteiger partial charge in [-0.2, -0.15) is 0 Å². The molecular formula is C29H46O3. The Kier molecular flexibility index (Phi) is 6.46. The number of carbonyl (C=O) groups is 1. The van der Waals surface area contributed by atoms with Gasteiger partial charge in [0.05, 0.1) is 12.0 Å². The molecule has 2 saturated carbocycles. The van der Waals surface area contributed by atoms with Crippen LogP contribution in [0, 0.1) is 46.3 Å². The molecule has 0 spiro atoms. The van der Waals surface area contributed by atoms with Gasteiger partial charge in [0.1, 0.15) is 0 Å². The second-order valence-electron chi connectivity index (χ2n) is 12.6. The number of aliphatic hydroxyl groups is 1. The Morgan fingerprint density at radius 2 is 1.81 bits per heavy atom. The van der Waals surface area contributed by atoms with Crippen molar-refractivity contribution < 1.29 is 15.0 Å². The van der Waals surface area contributed by atoms with Crippen LogP contribution in [0.2, 0.25) is 0 Å². The number of hydrogen-bond donors (Lipinski definition) is 2. The molecule has 2 N–H and O–H groups in total. The highest BCUT2D eigenvalue weighted by Gasteiger charge is 2.58. The number of aliphatic hydroxyl groups excluding tert-OH is 1. The van der Waals surface area contributed by atoms with E-state index in [1.165, 1.54) is 37.7 Å². The number of aliphatic carboxylic acids is 1. The summed E-state index contributed by atoms with van der Waals surface area (Å²) in [6, 6.07) is 0. The Morgan fingerprint density at radius 1 is 1.09 bits per heavy atom. The number of fused-ring (bicyclic) bond motifs is 4. The predicted molar refractivity (Wildman–Crippen MR) is 130 cm³/mol. The topological polar surface area (TPSA) is 57.5 Å². The number of hydrogen-bond acceptors (Lipinski definition) is 2. The number of carboxylic acid groups (broad SMARTS) is 1. The monoisotopic (exact) mass is 442 g/mol. The van der Waals surface area contributed by atoms with Gasteiger partial charge in [-0.05, 0) is 112 Å². The summed E-state index contributed by atoms with van der Waals surface area (Å²) in [6.45, 7) is 16.0. The molecule has 180 valence electrons. The van der Waals surface area contributed by atoms with E-state index in [9.17, 15) is 15.0 Å². The summed E-state index contributed by atoms with van der Waals surface area (Å²) in [5.74, 6) is 1.55. The van der Waals surface area contributed by atoms with Gasteiger partial charge in [0.25, 0.3) is 0 Å². The summed E-state index contributed by atoms with van der Waals surface area (Å²) in [7, 11) is 0. The van der Waals surface area contributed by atoms with Crippen LogP contribution in [-0.4, -0.2) is 22.3 Å². The summed E-state index contributed by atoms with van der Waals surface area (Å²) < 4.78 is 0. The van der Waals surface area contributed by atoms with Gasteiger partial charge in [0.2, 0.25) is 0 Å². The third kappa shape index (κ3) is 3.71. The van der Waals surface area contributed by atoms with E-state index in [1.54, 1.807) is 11.1 Å². The van der Waals surface area contributed by atoms with Crippen molar-refractivity contribution in [2.75, 3.05) is 0 Å². The van der Waals surface area contributed by atoms with E-state index in [2.05, 4.69) is 41.2 Å². The lowest BCUT2D eigenvalue weighted by Gasteiger charge is -2.56. The van der Waals surface area contributed by atoms with E-state index in [0.717, 1.165) is 37.5 Å². The fourth-order valence-electron chi connectivity index (χ4n) is 8.83. The molecular weight excluding hydrogens is 396 g/mol. The lowest BCUT2D eigenvalue weighted by molar-refractivity contribution is -0.156. The quantitative estimate of drug-likeness (QED) is 0.435. The van der Waals surface area contributed by atoms with Gasteiger partial charge in [-0.15, -0.1) is 0 Å². The van der Waals surface area contributed by atoms with Crippen molar-refractivity contribution in [3.05, 3.63) is 23.3 Å². The number of rotatable bonds is 6. The van der Waals surface area contributed by atoms with E-state index in [1.807, 2.05) is 0 Å². The predicted octanol–water partition coefficient (Wildman–Crippen LogP) is 7.01. The Balaban J connectivity index is 1.57. The highest BCUT2D eigenvalue weighted by atomic mass is 16.4. The molecule has 0 bridgehead atoms. The molecule has 3 heteroatoms. The zero-order valence-corrected chi connectivity index (χ0v) is 21.1. The highest BCUT2D eigenvalue weighted by Crippen LogP contribution is 2.66. The molecule has 0 aliphatic heterocycles. The maximum Gasteiger partial charge on any atom is 0.309 e. The zero-order valence-electron chi connectivity index (χ0n) is 21.1. The molecule has 0 aromatic carbocycles. The van der Waals surface area contributed by atoms with Crippen LogP contribution in [0.1, 0.15) is 98.8 Å². The molecule has 4 rings (SSSR count). The van der Waals surface area contributed by atoms with E-state index >= 15 is 0 Å². The first-order valence-corrected chi connectivity index (χ1v) is 13.3. The Labute approximate surface area is 195 Å². The number of carboxylic acids is 1. The average molecular weight is 443 g/mol. The summed E-state index contributed by atoms with van der Waals surface area (Å²) in [5.41, 5.74) is 5.00. The van der Waals surface area contributed by atoms with Crippen molar-refractivity contribution in [2.45, 2.75) is 105 Å². The van der Waals surface area contributed by atoms with E-state index in [4.69, 9.17) is 0 Å². The molecule has 4 aliphatic rings. The molecule has 0 heterocycles. The van der Waals surface area contributed by atoms with Gasteiger partial charge in [-0.1, -0.05) is 51.0 Å². The summed E-state index contributed by atoms with van der Waals surface area (Å²) in [5, 5.41) is 20.4. The van der Waals surface area contributed by atoms with E-state index in [-0.39, 0.29) is 11.3 Å². The smallest absolute Gasteiger partial charge is 0.309 e. The number of allylic oxidation sites excluding steroid dienone is 3. The third-order valence-corrected chi connectivity index (χ3v) is 11.0. The van der Waals surface area contributed by atoms with E-state index in [0.29, 0.717) is 23.7 Å². The maximum absolute atomic E-state index is 12.0. The van der Waals surface area contributed by atoms with Crippen LogP contribution >= 0.6 is 0 Å². The molecule has 32 heavy (non-hydrogen) atoms. The van der Waals surface area contributed by atoms with Crippen molar-refractivity contribution in [1.82, 2.24) is 0 Å². The van der Waals surface area contributed by atoms with Crippen LogP contribution in [-0.2, 0) is 4.79 Å². The first-order chi connectivity index (χ1) is 15.0. The van der Waals surface area contributed by atoms with Gasteiger partial charge in [0.15, 0.2) is 0 Å². The molecule has 0 saturated heterocycles. The third-order valence-electron chi connectivity index (χ3n) is 11.0. The van der Waals surface area contributed by atoms with Crippen molar-refractivity contribution in [3.63, 3.8) is 0 Å². The average Bonchev–Trinajstić information content (AvgIpc) is 3.09. The molecule has 0 radical (unpaired) electrons. The largest absolute Gasteiger partial charge is 0.481 e. The standard InChI is InChI=1S/C29H46O3/c1-17(2)18(3)7-8-19(4)21-11-12-22-20-9-10-24-26(27(31)32)25(30)14-16-29(24,6)23(20)13-15-28(21,22)5/h18-19,21-22,24-26,30H,1,7-16H2,2-6H3,(H,31,32)/t18-,19+,21+,22-,24-,25-,26-,28+,29+/m0/s1. The minimum atomic E-state index is -0.795. The van der Waals surface area contributed by atoms with Gasteiger partial charge in [-0.3, -0.25) is 4.79 Å². The highest BCUT2D eigenvalue weighted by molar-refractivity contribution is 5.72. The van der Waals surface area contributed by atoms with Crippen LogP contribution in [0.15, 0.2) is 23.3 Å². The lowest BCUT2D eigenvalue weighted by Crippen LogP contribution is -2.51. The SMILES string of the molecule is C=C(C)[C@@H](C)CC[C@@H](C)[C@H]1CC[C@H]2C3=C(CC[C@]12C)[C@@]1(C)CC[C@H](O)[C@@H](C(=O)O)[C@@H]1CC3. The molecule has 0 amide bonds. The van der Waals surface area contributed by atoms with Crippen LogP contribution in [0.25, 0.3) is 0 Å². The molecule has 9 atom stereocenters. The van der Waals surface area contributed by atoms with Gasteiger partial charge >= 0.3 is 5.97 Å². The molecule has 4 aliphatic carbocycles. The first kappa shape index (κ1) is 24.0. The Hall–Kier alpha value is -1.09. The second-order valence-corrected chi connectivity index (χ2v) is 12.6. The molecule has 2 fully saturated rings. The van der Waals surface area contributed by atoms with Gasteiger partial charge in [-0.25, -0.2) is 0 Å². The molecule has 0 aromatic rings.